The van der Waals surface area contributed by atoms with Crippen molar-refractivity contribution in [3.05, 3.63) is 59.2 Å². The first-order valence-corrected chi connectivity index (χ1v) is 7.69. The minimum Gasteiger partial charge on any atom is -0.337 e. The van der Waals surface area contributed by atoms with E-state index >= 15 is 0 Å². The summed E-state index contributed by atoms with van der Waals surface area (Å²) < 4.78 is 3.23. The first-order valence-electron chi connectivity index (χ1n) is 6.88. The van der Waals surface area contributed by atoms with Gasteiger partial charge in [-0.1, -0.05) is 35.6 Å². The van der Waals surface area contributed by atoms with Crippen LogP contribution in [0.15, 0.2) is 58.7 Å². The third-order valence-corrected chi connectivity index (χ3v) is 4.55. The molecule has 5 nitrogen and oxygen atoms in total. The summed E-state index contributed by atoms with van der Waals surface area (Å²) in [6, 6.07) is 16.1. The van der Waals surface area contributed by atoms with Crippen molar-refractivity contribution in [2.75, 3.05) is 0 Å². The highest BCUT2D eigenvalue weighted by atomic mass is 32.1. The summed E-state index contributed by atoms with van der Waals surface area (Å²) in [5, 5.41) is 8.46. The molecule has 0 aliphatic rings. The number of nitrogens with zero attached hydrogens (tertiary/aromatic N) is 4. The van der Waals surface area contributed by atoms with E-state index in [1.807, 2.05) is 48.0 Å². The molecule has 108 valence electrons. The topological polar surface area (TPSA) is 58.3 Å². The number of hydrogen-bond donors (Lipinski definition) is 1. The molecule has 2 aromatic heterocycles. The highest BCUT2D eigenvalue weighted by molar-refractivity contribution is 7.16. The smallest absolute Gasteiger partial charge is 0.211 e. The van der Waals surface area contributed by atoms with Crippen molar-refractivity contribution in [1.82, 2.24) is 14.5 Å². The van der Waals surface area contributed by atoms with Crippen LogP contribution in [0.4, 0.5) is 0 Å². The van der Waals surface area contributed by atoms with Gasteiger partial charge in [0.15, 0.2) is 5.82 Å². The van der Waals surface area contributed by atoms with Crippen molar-refractivity contribution in [3.63, 3.8) is 0 Å². The second-order valence-corrected chi connectivity index (χ2v) is 5.90. The molecule has 22 heavy (non-hydrogen) atoms. The van der Waals surface area contributed by atoms with Crippen molar-refractivity contribution < 1.29 is 0 Å². The maximum absolute atomic E-state index is 4.44. The minimum atomic E-state index is 0.703. The Bertz CT molecular complexity index is 1020. The number of aromatic nitrogens is 3. The molecule has 0 fully saturated rings. The van der Waals surface area contributed by atoms with Crippen LogP contribution in [0.5, 0.6) is 0 Å². The number of benzene rings is 2. The molecule has 0 unspecified atom stereocenters. The Morgan fingerprint density at radius 1 is 1.14 bits per heavy atom. The number of aromatic amines is 1. The zero-order valence-electron chi connectivity index (χ0n) is 11.9. The van der Waals surface area contributed by atoms with Crippen LogP contribution in [0.25, 0.3) is 21.3 Å². The van der Waals surface area contributed by atoms with Gasteiger partial charge in [0.1, 0.15) is 0 Å². The Hall–Kier alpha value is -2.73. The van der Waals surface area contributed by atoms with E-state index < -0.39 is 0 Å². The number of thiazole rings is 1. The van der Waals surface area contributed by atoms with Crippen LogP contribution in [-0.4, -0.2) is 20.7 Å². The van der Waals surface area contributed by atoms with Crippen molar-refractivity contribution in [2.45, 2.75) is 0 Å². The SMILES string of the molecule is Cn1/c(=N\N=Cc2nc3ccccc3[nH]2)sc2ccccc21. The van der Waals surface area contributed by atoms with Crippen LogP contribution < -0.4 is 4.80 Å². The van der Waals surface area contributed by atoms with Crippen LogP contribution in [0.1, 0.15) is 5.82 Å². The van der Waals surface area contributed by atoms with E-state index in [4.69, 9.17) is 0 Å². The maximum atomic E-state index is 4.44. The van der Waals surface area contributed by atoms with Crippen molar-refractivity contribution in [1.29, 1.82) is 0 Å². The Balaban J connectivity index is 1.71. The highest BCUT2D eigenvalue weighted by Crippen LogP contribution is 2.15. The zero-order valence-corrected chi connectivity index (χ0v) is 12.7. The number of hydrogen-bond acceptors (Lipinski definition) is 4. The summed E-state index contributed by atoms with van der Waals surface area (Å²) in [7, 11) is 1.99. The van der Waals surface area contributed by atoms with Gasteiger partial charge in [0.25, 0.3) is 0 Å². The van der Waals surface area contributed by atoms with Gasteiger partial charge in [-0.05, 0) is 24.3 Å². The van der Waals surface area contributed by atoms with E-state index in [-0.39, 0.29) is 0 Å². The van der Waals surface area contributed by atoms with E-state index in [0.29, 0.717) is 5.82 Å². The molecule has 0 aliphatic carbocycles. The van der Waals surface area contributed by atoms with Gasteiger partial charge in [0, 0.05) is 7.05 Å². The third kappa shape index (κ3) is 2.23. The van der Waals surface area contributed by atoms with E-state index in [2.05, 4.69) is 32.3 Å². The Morgan fingerprint density at radius 2 is 1.95 bits per heavy atom. The predicted molar refractivity (Wildman–Crippen MR) is 90.0 cm³/mol. The Morgan fingerprint density at radius 3 is 2.82 bits per heavy atom. The van der Waals surface area contributed by atoms with Gasteiger partial charge in [-0.2, -0.15) is 5.10 Å². The van der Waals surface area contributed by atoms with Crippen molar-refractivity contribution in [2.24, 2.45) is 17.3 Å². The number of aryl methyl sites for hydroxylation is 1. The fourth-order valence-corrected chi connectivity index (χ4v) is 3.32. The first kappa shape index (κ1) is 13.0. The quantitative estimate of drug-likeness (QED) is 0.449. The summed E-state index contributed by atoms with van der Waals surface area (Å²) in [6.45, 7) is 0. The van der Waals surface area contributed by atoms with Gasteiger partial charge in [-0.15, -0.1) is 5.10 Å². The number of nitrogens with one attached hydrogen (secondary N) is 1. The highest BCUT2D eigenvalue weighted by Gasteiger charge is 2.01. The standard InChI is InChI=1S/C16H13N5S/c1-21-13-8-4-5-9-14(13)22-16(21)20-17-10-15-18-11-6-2-3-7-12(11)19-15/h2-10H,1H3,(H,18,19)/b17-10?,20-16+. The largest absolute Gasteiger partial charge is 0.337 e. The summed E-state index contributed by atoms with van der Waals surface area (Å²) in [4.78, 5) is 8.50. The summed E-state index contributed by atoms with van der Waals surface area (Å²) >= 11 is 1.62. The lowest BCUT2D eigenvalue weighted by molar-refractivity contribution is 0.889. The molecule has 1 N–H and O–H groups in total. The number of rotatable bonds is 2. The predicted octanol–water partition coefficient (Wildman–Crippen LogP) is 3.05. The molecule has 0 bridgehead atoms. The van der Waals surface area contributed by atoms with Gasteiger partial charge < -0.3 is 9.55 Å². The Kier molecular flexibility index (Phi) is 3.08. The second kappa shape index (κ2) is 5.23. The zero-order chi connectivity index (χ0) is 14.9. The Labute approximate surface area is 130 Å². The molecule has 2 aromatic carbocycles. The fraction of sp³-hybridized carbons (Fsp3) is 0.0625. The van der Waals surface area contributed by atoms with Crippen LogP contribution in [0.3, 0.4) is 0 Å². The molecule has 0 radical (unpaired) electrons. The van der Waals surface area contributed by atoms with Gasteiger partial charge in [0.05, 0.1) is 27.5 Å². The molecular formula is C16H13N5S. The summed E-state index contributed by atoms with van der Waals surface area (Å²) in [5.41, 5.74) is 3.08. The minimum absolute atomic E-state index is 0.703. The van der Waals surface area contributed by atoms with E-state index in [0.717, 1.165) is 21.4 Å². The molecule has 0 spiro atoms. The molecule has 0 saturated heterocycles. The van der Waals surface area contributed by atoms with E-state index in [1.165, 1.54) is 4.70 Å². The third-order valence-electron chi connectivity index (χ3n) is 3.45. The number of para-hydroxylation sites is 3. The van der Waals surface area contributed by atoms with E-state index in [9.17, 15) is 0 Å². The maximum Gasteiger partial charge on any atom is 0.211 e. The second-order valence-electron chi connectivity index (χ2n) is 4.90. The van der Waals surface area contributed by atoms with Crippen LogP contribution in [-0.2, 0) is 7.05 Å². The monoisotopic (exact) mass is 307 g/mol. The number of fused-ring (bicyclic) bond motifs is 2. The molecule has 6 heteroatoms. The van der Waals surface area contributed by atoms with Gasteiger partial charge in [-0.25, -0.2) is 4.98 Å². The normalized spacial score (nSPS) is 12.9. The van der Waals surface area contributed by atoms with Crippen LogP contribution >= 0.6 is 11.3 Å². The molecule has 2 heterocycles. The number of H-pyrrole nitrogens is 1. The molecule has 0 aliphatic heterocycles. The first-order chi connectivity index (χ1) is 10.8. The average molecular weight is 307 g/mol. The average Bonchev–Trinajstić information content (AvgIpc) is 3.09. The van der Waals surface area contributed by atoms with Crippen LogP contribution in [0, 0.1) is 0 Å². The molecule has 4 rings (SSSR count). The fourth-order valence-electron chi connectivity index (χ4n) is 2.34. The van der Waals surface area contributed by atoms with Crippen LogP contribution in [0.2, 0.25) is 0 Å². The molecule has 0 amide bonds. The van der Waals surface area contributed by atoms with Gasteiger partial charge >= 0.3 is 0 Å². The van der Waals surface area contributed by atoms with Gasteiger partial charge in [0.2, 0.25) is 4.80 Å². The molecule has 4 aromatic rings. The molecule has 0 saturated carbocycles. The summed E-state index contributed by atoms with van der Waals surface area (Å²) in [5.74, 6) is 0.703. The lowest BCUT2D eigenvalue weighted by Gasteiger charge is -1.92. The van der Waals surface area contributed by atoms with E-state index in [1.54, 1.807) is 17.6 Å². The lowest BCUT2D eigenvalue weighted by atomic mass is 10.3. The molecule has 0 atom stereocenters. The van der Waals surface area contributed by atoms with Crippen molar-refractivity contribution in [3.8, 4) is 0 Å². The van der Waals surface area contributed by atoms with Gasteiger partial charge in [-0.3, -0.25) is 0 Å². The lowest BCUT2D eigenvalue weighted by Crippen LogP contribution is -2.08. The van der Waals surface area contributed by atoms with Crippen molar-refractivity contribution >= 4 is 38.8 Å². The number of imidazole rings is 1. The summed E-state index contributed by atoms with van der Waals surface area (Å²) in [6.07, 6.45) is 1.64. The molecular weight excluding hydrogens is 294 g/mol.